The zero-order valence-corrected chi connectivity index (χ0v) is 16.9. The van der Waals surface area contributed by atoms with Crippen molar-refractivity contribution in [2.75, 3.05) is 17.3 Å². The Morgan fingerprint density at radius 1 is 1.15 bits per heavy atom. The maximum absolute atomic E-state index is 13.5. The first-order valence-corrected chi connectivity index (χ1v) is 10.7. The van der Waals surface area contributed by atoms with Gasteiger partial charge in [-0.05, 0) is 45.3 Å². The number of hydrogen-bond donors (Lipinski definition) is 2. The van der Waals surface area contributed by atoms with Crippen LogP contribution in [0, 0.1) is 11.8 Å². The number of benzene rings is 1. The Labute approximate surface area is 163 Å². The number of carbonyl (C=O) groups excluding carboxylic acids is 3. The summed E-state index contributed by atoms with van der Waals surface area (Å²) in [6.07, 6.45) is 2.75. The molecular weight excluding hydrogens is 362 g/mol. The number of amides is 3. The van der Waals surface area contributed by atoms with Crippen LogP contribution >= 0.6 is 11.8 Å². The molecule has 0 radical (unpaired) electrons. The number of para-hydroxylation sites is 1. The standard InChI is InChI=1S/C20H25N3O3S/c1-19(2,3)23-16(24)14-13(9-10-27-4)22-20(15(14)17(23)25)11-7-5-6-8-12(11)21-18(20)26/h5-8,13-15,22H,9-10H2,1-4H3,(H,21,26)/t13-,14+,15+,20-/m0/s1. The highest BCUT2D eigenvalue weighted by Crippen LogP contribution is 2.54. The molecule has 1 aromatic rings. The molecule has 4 atom stereocenters. The number of nitrogens with one attached hydrogen (secondary N) is 2. The van der Waals surface area contributed by atoms with Crippen LogP contribution in [-0.2, 0) is 19.9 Å². The third kappa shape index (κ3) is 2.41. The van der Waals surface area contributed by atoms with Gasteiger partial charge in [0.1, 0.15) is 5.54 Å². The van der Waals surface area contributed by atoms with Gasteiger partial charge in [0, 0.05) is 22.8 Å². The van der Waals surface area contributed by atoms with Crippen molar-refractivity contribution in [2.24, 2.45) is 11.8 Å². The van der Waals surface area contributed by atoms with Crippen molar-refractivity contribution in [2.45, 2.75) is 44.3 Å². The van der Waals surface area contributed by atoms with Crippen molar-refractivity contribution < 1.29 is 14.4 Å². The number of nitrogens with zero attached hydrogens (tertiary/aromatic N) is 1. The van der Waals surface area contributed by atoms with E-state index in [1.807, 2.05) is 51.3 Å². The van der Waals surface area contributed by atoms with Crippen LogP contribution < -0.4 is 10.6 Å². The number of anilines is 1. The van der Waals surface area contributed by atoms with E-state index >= 15 is 0 Å². The van der Waals surface area contributed by atoms with Gasteiger partial charge in [0.15, 0.2) is 0 Å². The van der Waals surface area contributed by atoms with Gasteiger partial charge in [-0.2, -0.15) is 11.8 Å². The molecule has 3 amide bonds. The van der Waals surface area contributed by atoms with Crippen molar-refractivity contribution in [3.8, 4) is 0 Å². The molecule has 6 nitrogen and oxygen atoms in total. The largest absolute Gasteiger partial charge is 0.324 e. The molecule has 0 saturated carbocycles. The lowest BCUT2D eigenvalue weighted by atomic mass is 9.76. The zero-order chi connectivity index (χ0) is 19.6. The molecule has 0 aromatic heterocycles. The van der Waals surface area contributed by atoms with E-state index in [0.717, 1.165) is 17.7 Å². The number of rotatable bonds is 3. The molecule has 2 fully saturated rings. The molecule has 2 saturated heterocycles. The molecule has 1 aromatic carbocycles. The van der Waals surface area contributed by atoms with E-state index in [1.54, 1.807) is 11.8 Å². The Hall–Kier alpha value is -1.86. The number of imide groups is 1. The predicted octanol–water partition coefficient (Wildman–Crippen LogP) is 1.96. The summed E-state index contributed by atoms with van der Waals surface area (Å²) in [5, 5.41) is 6.37. The van der Waals surface area contributed by atoms with Crippen molar-refractivity contribution in [1.82, 2.24) is 10.2 Å². The molecule has 3 aliphatic rings. The molecule has 4 rings (SSSR count). The Morgan fingerprint density at radius 2 is 1.85 bits per heavy atom. The van der Waals surface area contributed by atoms with E-state index in [1.165, 1.54) is 4.90 Å². The number of carbonyl (C=O) groups is 3. The average molecular weight is 388 g/mol. The number of fused-ring (bicyclic) bond motifs is 4. The summed E-state index contributed by atoms with van der Waals surface area (Å²) in [6.45, 7) is 5.59. The van der Waals surface area contributed by atoms with Crippen LogP contribution in [0.2, 0.25) is 0 Å². The summed E-state index contributed by atoms with van der Waals surface area (Å²) < 4.78 is 0. The quantitative estimate of drug-likeness (QED) is 0.775. The lowest BCUT2D eigenvalue weighted by Crippen LogP contribution is -2.55. The summed E-state index contributed by atoms with van der Waals surface area (Å²) in [6, 6.07) is 7.25. The van der Waals surface area contributed by atoms with Gasteiger partial charge < -0.3 is 5.32 Å². The van der Waals surface area contributed by atoms with Crippen LogP contribution in [0.25, 0.3) is 0 Å². The minimum Gasteiger partial charge on any atom is -0.324 e. The van der Waals surface area contributed by atoms with Crippen molar-refractivity contribution in [3.63, 3.8) is 0 Å². The van der Waals surface area contributed by atoms with Crippen molar-refractivity contribution >= 4 is 35.2 Å². The fraction of sp³-hybridized carbons (Fsp3) is 0.550. The second-order valence-corrected chi connectivity index (χ2v) is 9.51. The topological polar surface area (TPSA) is 78.5 Å². The minimum absolute atomic E-state index is 0.162. The van der Waals surface area contributed by atoms with E-state index in [0.29, 0.717) is 5.69 Å². The smallest absolute Gasteiger partial charge is 0.250 e. The fourth-order valence-corrected chi connectivity index (χ4v) is 5.40. The van der Waals surface area contributed by atoms with Gasteiger partial charge in [-0.1, -0.05) is 18.2 Å². The summed E-state index contributed by atoms with van der Waals surface area (Å²) in [5.41, 5.74) is -0.294. The first-order chi connectivity index (χ1) is 12.7. The fourth-order valence-electron chi connectivity index (χ4n) is 4.91. The SMILES string of the molecule is CSCC[C@@H]1N[C@]2(C(=O)Nc3ccccc32)[C@H]2C(=O)N(C(C)(C)C)C(=O)[C@H]12. The Morgan fingerprint density at radius 3 is 2.52 bits per heavy atom. The van der Waals surface area contributed by atoms with Gasteiger partial charge in [-0.15, -0.1) is 0 Å². The predicted molar refractivity (Wildman–Crippen MR) is 105 cm³/mol. The maximum atomic E-state index is 13.5. The molecule has 0 aliphatic carbocycles. The van der Waals surface area contributed by atoms with Crippen LogP contribution in [0.4, 0.5) is 5.69 Å². The first kappa shape index (κ1) is 18.5. The molecule has 0 unspecified atom stereocenters. The number of hydrogen-bond acceptors (Lipinski definition) is 5. The Bertz CT molecular complexity index is 834. The van der Waals surface area contributed by atoms with Gasteiger partial charge in [-0.3, -0.25) is 24.6 Å². The molecule has 3 heterocycles. The van der Waals surface area contributed by atoms with E-state index in [-0.39, 0.29) is 23.8 Å². The highest BCUT2D eigenvalue weighted by molar-refractivity contribution is 7.98. The molecule has 7 heteroatoms. The first-order valence-electron chi connectivity index (χ1n) is 9.29. The van der Waals surface area contributed by atoms with Gasteiger partial charge in [0.25, 0.3) is 0 Å². The monoisotopic (exact) mass is 387 g/mol. The van der Waals surface area contributed by atoms with E-state index in [4.69, 9.17) is 0 Å². The van der Waals surface area contributed by atoms with Crippen LogP contribution in [0.3, 0.4) is 0 Å². The van der Waals surface area contributed by atoms with Crippen molar-refractivity contribution in [3.05, 3.63) is 29.8 Å². The second-order valence-electron chi connectivity index (χ2n) is 8.53. The van der Waals surface area contributed by atoms with Crippen LogP contribution in [0.5, 0.6) is 0 Å². The molecule has 1 spiro atoms. The van der Waals surface area contributed by atoms with Crippen molar-refractivity contribution in [1.29, 1.82) is 0 Å². The van der Waals surface area contributed by atoms with Gasteiger partial charge in [-0.25, -0.2) is 0 Å². The minimum atomic E-state index is -1.17. The van der Waals surface area contributed by atoms with Gasteiger partial charge >= 0.3 is 0 Å². The molecule has 144 valence electrons. The molecule has 27 heavy (non-hydrogen) atoms. The highest BCUT2D eigenvalue weighted by Gasteiger charge is 2.71. The summed E-state index contributed by atoms with van der Waals surface area (Å²) in [5.74, 6) is -1.01. The lowest BCUT2D eigenvalue weighted by Gasteiger charge is -2.34. The molecule has 0 bridgehead atoms. The second kappa shape index (κ2) is 6.07. The highest BCUT2D eigenvalue weighted by atomic mass is 32.2. The Balaban J connectivity index is 1.87. The number of likely N-dealkylation sites (tertiary alicyclic amines) is 1. The lowest BCUT2D eigenvalue weighted by molar-refractivity contribution is -0.147. The summed E-state index contributed by atoms with van der Waals surface area (Å²) >= 11 is 1.70. The molecular formula is C20H25N3O3S. The summed E-state index contributed by atoms with van der Waals surface area (Å²) in [7, 11) is 0. The van der Waals surface area contributed by atoms with E-state index < -0.39 is 22.9 Å². The third-order valence-electron chi connectivity index (χ3n) is 5.93. The van der Waals surface area contributed by atoms with E-state index in [9.17, 15) is 14.4 Å². The van der Waals surface area contributed by atoms with Gasteiger partial charge in [0.2, 0.25) is 17.7 Å². The zero-order valence-electron chi connectivity index (χ0n) is 16.0. The van der Waals surface area contributed by atoms with Crippen LogP contribution in [0.1, 0.15) is 32.8 Å². The number of thioether (sulfide) groups is 1. The van der Waals surface area contributed by atoms with Gasteiger partial charge in [0.05, 0.1) is 11.8 Å². The van der Waals surface area contributed by atoms with E-state index in [2.05, 4.69) is 10.6 Å². The maximum Gasteiger partial charge on any atom is 0.250 e. The average Bonchev–Trinajstić information content (AvgIpc) is 3.17. The third-order valence-corrected chi connectivity index (χ3v) is 6.57. The van der Waals surface area contributed by atoms with Crippen LogP contribution in [0.15, 0.2) is 24.3 Å². The molecule has 2 N–H and O–H groups in total. The Kier molecular flexibility index (Phi) is 4.16. The normalized spacial score (nSPS) is 32.2. The van der Waals surface area contributed by atoms with Crippen LogP contribution in [-0.4, -0.2) is 46.2 Å². The summed E-state index contributed by atoms with van der Waals surface area (Å²) in [4.78, 5) is 41.3. The molecule has 3 aliphatic heterocycles.